The van der Waals surface area contributed by atoms with Crippen molar-refractivity contribution in [3.63, 3.8) is 0 Å². The maximum atomic E-state index is 12.3. The van der Waals surface area contributed by atoms with Crippen molar-refractivity contribution in [1.82, 2.24) is 10.2 Å². The standard InChI is InChI=1S/C20H17BrN2O3/c1-2-11-23-19(24)17(22-20(23)25)12-15-5-3-4-6-18(15)26-13-14-7-9-16(21)10-8-14/h2-10,12H,1,11,13H2,(H,22,25)/b17-12+. The molecule has 26 heavy (non-hydrogen) atoms. The minimum absolute atomic E-state index is 0.170. The first kappa shape index (κ1) is 17.9. The van der Waals surface area contributed by atoms with Crippen molar-refractivity contribution in [2.75, 3.05) is 6.54 Å². The largest absolute Gasteiger partial charge is 0.488 e. The molecule has 1 fully saturated rings. The Balaban J connectivity index is 1.79. The maximum absolute atomic E-state index is 12.3. The van der Waals surface area contributed by atoms with Crippen LogP contribution in [-0.4, -0.2) is 23.4 Å². The van der Waals surface area contributed by atoms with E-state index in [0.29, 0.717) is 17.9 Å². The molecule has 0 aromatic heterocycles. The van der Waals surface area contributed by atoms with Gasteiger partial charge in [-0.05, 0) is 29.8 Å². The second-order valence-electron chi connectivity index (χ2n) is 5.65. The van der Waals surface area contributed by atoms with Crippen LogP contribution < -0.4 is 10.1 Å². The molecule has 2 aromatic rings. The number of benzene rings is 2. The van der Waals surface area contributed by atoms with Crippen LogP contribution in [0.5, 0.6) is 5.75 Å². The number of para-hydroxylation sites is 1. The summed E-state index contributed by atoms with van der Waals surface area (Å²) in [5.41, 5.74) is 1.96. The fraction of sp³-hybridized carbons (Fsp3) is 0.100. The second-order valence-corrected chi connectivity index (χ2v) is 6.56. The van der Waals surface area contributed by atoms with Gasteiger partial charge >= 0.3 is 6.03 Å². The van der Waals surface area contributed by atoms with Gasteiger partial charge in [-0.2, -0.15) is 0 Å². The number of hydrogen-bond acceptors (Lipinski definition) is 3. The van der Waals surface area contributed by atoms with Gasteiger partial charge in [0.2, 0.25) is 0 Å². The Morgan fingerprint density at radius 1 is 1.12 bits per heavy atom. The molecule has 3 amide bonds. The van der Waals surface area contributed by atoms with Crippen molar-refractivity contribution in [3.05, 3.63) is 82.5 Å². The Kier molecular flexibility index (Phi) is 5.53. The van der Waals surface area contributed by atoms with Crippen LogP contribution in [0.2, 0.25) is 0 Å². The van der Waals surface area contributed by atoms with E-state index in [1.807, 2.05) is 48.5 Å². The molecule has 1 N–H and O–H groups in total. The number of hydrogen-bond donors (Lipinski definition) is 1. The molecule has 0 aliphatic carbocycles. The maximum Gasteiger partial charge on any atom is 0.329 e. The van der Waals surface area contributed by atoms with E-state index in [0.717, 1.165) is 14.9 Å². The highest BCUT2D eigenvalue weighted by Gasteiger charge is 2.32. The summed E-state index contributed by atoms with van der Waals surface area (Å²) in [5.74, 6) is 0.254. The normalized spacial score (nSPS) is 15.3. The van der Waals surface area contributed by atoms with Gasteiger partial charge in [0.15, 0.2) is 0 Å². The van der Waals surface area contributed by atoms with Crippen molar-refractivity contribution in [2.45, 2.75) is 6.61 Å². The van der Waals surface area contributed by atoms with Gasteiger partial charge in [0.1, 0.15) is 18.1 Å². The molecule has 3 rings (SSSR count). The summed E-state index contributed by atoms with van der Waals surface area (Å²) in [5, 5.41) is 2.58. The molecule has 0 spiro atoms. The van der Waals surface area contributed by atoms with Crippen LogP contribution in [0, 0.1) is 0 Å². The van der Waals surface area contributed by atoms with Gasteiger partial charge in [-0.1, -0.05) is 52.3 Å². The molecular weight excluding hydrogens is 396 g/mol. The van der Waals surface area contributed by atoms with Crippen molar-refractivity contribution in [3.8, 4) is 5.75 Å². The number of carbonyl (C=O) groups is 2. The molecule has 1 aliphatic rings. The third-order valence-electron chi connectivity index (χ3n) is 3.80. The van der Waals surface area contributed by atoms with Crippen molar-refractivity contribution in [1.29, 1.82) is 0 Å². The molecule has 1 heterocycles. The zero-order valence-corrected chi connectivity index (χ0v) is 15.5. The molecule has 2 aromatic carbocycles. The number of halogens is 1. The summed E-state index contributed by atoms with van der Waals surface area (Å²) in [6.07, 6.45) is 3.13. The number of carbonyl (C=O) groups excluding carboxylic acids is 2. The Morgan fingerprint density at radius 2 is 1.85 bits per heavy atom. The second kappa shape index (κ2) is 8.01. The zero-order chi connectivity index (χ0) is 18.5. The fourth-order valence-corrected chi connectivity index (χ4v) is 2.76. The van der Waals surface area contributed by atoms with Gasteiger partial charge < -0.3 is 10.1 Å². The van der Waals surface area contributed by atoms with Gasteiger partial charge in [0, 0.05) is 16.6 Å². The average molecular weight is 413 g/mol. The summed E-state index contributed by atoms with van der Waals surface area (Å²) in [4.78, 5) is 25.3. The molecular formula is C20H17BrN2O3. The molecule has 1 aliphatic heterocycles. The van der Waals surface area contributed by atoms with E-state index in [1.165, 1.54) is 6.08 Å². The molecule has 0 bridgehead atoms. The minimum atomic E-state index is -0.450. The van der Waals surface area contributed by atoms with Crippen LogP contribution in [0.4, 0.5) is 4.79 Å². The van der Waals surface area contributed by atoms with E-state index in [-0.39, 0.29) is 18.1 Å². The fourth-order valence-electron chi connectivity index (χ4n) is 2.49. The lowest BCUT2D eigenvalue weighted by Gasteiger charge is -2.10. The molecule has 132 valence electrons. The first-order valence-electron chi connectivity index (χ1n) is 8.00. The quantitative estimate of drug-likeness (QED) is 0.441. The Morgan fingerprint density at radius 3 is 2.58 bits per heavy atom. The van der Waals surface area contributed by atoms with Crippen LogP contribution in [0.25, 0.3) is 6.08 Å². The number of nitrogens with zero attached hydrogens (tertiary/aromatic N) is 1. The number of urea groups is 1. The van der Waals surface area contributed by atoms with Gasteiger partial charge in [-0.25, -0.2) is 4.79 Å². The number of amides is 3. The molecule has 1 saturated heterocycles. The monoisotopic (exact) mass is 412 g/mol. The summed E-state index contributed by atoms with van der Waals surface area (Å²) in [6.45, 7) is 4.13. The average Bonchev–Trinajstić information content (AvgIpc) is 2.90. The topological polar surface area (TPSA) is 58.6 Å². The molecule has 0 radical (unpaired) electrons. The van der Waals surface area contributed by atoms with Crippen LogP contribution in [-0.2, 0) is 11.4 Å². The molecule has 5 nitrogen and oxygen atoms in total. The van der Waals surface area contributed by atoms with E-state index < -0.39 is 6.03 Å². The number of imide groups is 1. The molecule has 0 atom stereocenters. The van der Waals surface area contributed by atoms with Crippen molar-refractivity contribution in [2.24, 2.45) is 0 Å². The van der Waals surface area contributed by atoms with Crippen LogP contribution in [0.15, 0.2) is 71.4 Å². The summed E-state index contributed by atoms with van der Waals surface area (Å²) in [6, 6.07) is 14.8. The van der Waals surface area contributed by atoms with Crippen LogP contribution >= 0.6 is 15.9 Å². The predicted octanol–water partition coefficient (Wildman–Crippen LogP) is 4.11. The van der Waals surface area contributed by atoms with E-state index in [2.05, 4.69) is 27.8 Å². The van der Waals surface area contributed by atoms with Gasteiger partial charge in [0.25, 0.3) is 5.91 Å². The van der Waals surface area contributed by atoms with Crippen LogP contribution in [0.3, 0.4) is 0 Å². The first-order chi connectivity index (χ1) is 12.6. The highest BCUT2D eigenvalue weighted by Crippen LogP contribution is 2.24. The smallest absolute Gasteiger partial charge is 0.329 e. The van der Waals surface area contributed by atoms with Crippen LogP contribution in [0.1, 0.15) is 11.1 Å². The first-order valence-corrected chi connectivity index (χ1v) is 8.79. The van der Waals surface area contributed by atoms with E-state index >= 15 is 0 Å². The van der Waals surface area contributed by atoms with E-state index in [1.54, 1.807) is 6.08 Å². The molecule has 0 unspecified atom stereocenters. The highest BCUT2D eigenvalue weighted by molar-refractivity contribution is 9.10. The summed E-state index contributed by atoms with van der Waals surface area (Å²) in [7, 11) is 0. The van der Waals surface area contributed by atoms with E-state index in [9.17, 15) is 9.59 Å². The van der Waals surface area contributed by atoms with Crippen molar-refractivity contribution < 1.29 is 14.3 Å². The predicted molar refractivity (Wildman–Crippen MR) is 103 cm³/mol. The lowest BCUT2D eigenvalue weighted by atomic mass is 10.1. The highest BCUT2D eigenvalue weighted by atomic mass is 79.9. The lowest BCUT2D eigenvalue weighted by molar-refractivity contribution is -0.122. The Hall–Kier alpha value is -2.86. The van der Waals surface area contributed by atoms with Crippen molar-refractivity contribution >= 4 is 33.9 Å². The third-order valence-corrected chi connectivity index (χ3v) is 4.33. The van der Waals surface area contributed by atoms with Gasteiger partial charge in [0.05, 0.1) is 0 Å². The Bertz CT molecular complexity index is 875. The molecule has 6 heteroatoms. The summed E-state index contributed by atoms with van der Waals surface area (Å²) < 4.78 is 6.90. The van der Waals surface area contributed by atoms with Gasteiger partial charge in [-0.15, -0.1) is 6.58 Å². The van der Waals surface area contributed by atoms with Gasteiger partial charge in [-0.3, -0.25) is 9.69 Å². The Labute approximate surface area is 160 Å². The molecule has 0 saturated carbocycles. The minimum Gasteiger partial charge on any atom is -0.488 e. The SMILES string of the molecule is C=CCN1C(=O)N/C(=C/c2ccccc2OCc2ccc(Br)cc2)C1=O. The van der Waals surface area contributed by atoms with E-state index in [4.69, 9.17) is 4.74 Å². The lowest BCUT2D eigenvalue weighted by Crippen LogP contribution is -2.30. The number of nitrogens with one attached hydrogen (secondary N) is 1. The number of rotatable bonds is 6. The summed E-state index contributed by atoms with van der Waals surface area (Å²) >= 11 is 3.40. The number of ether oxygens (including phenoxy) is 1. The third kappa shape index (κ3) is 4.03. The zero-order valence-electron chi connectivity index (χ0n) is 13.9.